The molecule has 3 aromatic rings. The fraction of sp³-hybridized carbons (Fsp3) is 0.250. The van der Waals surface area contributed by atoms with Gasteiger partial charge >= 0.3 is 6.18 Å². The van der Waals surface area contributed by atoms with Gasteiger partial charge in [-0.15, -0.1) is 22.0 Å². The Morgan fingerprint density at radius 2 is 1.88 bits per heavy atom. The maximum absolute atomic E-state index is 12.9. The van der Waals surface area contributed by atoms with Crippen LogP contribution in [0.2, 0.25) is 5.15 Å². The third kappa shape index (κ3) is 3.68. The highest BCUT2D eigenvalue weighted by Crippen LogP contribution is 2.33. The first-order valence-electron chi connectivity index (χ1n) is 7.54. The molecule has 5 nitrogen and oxygen atoms in total. The Kier molecular flexibility index (Phi) is 5.19. The molecule has 0 spiro atoms. The van der Waals surface area contributed by atoms with Crippen LogP contribution in [0, 0.1) is 0 Å². The topological polar surface area (TPSA) is 56.5 Å². The summed E-state index contributed by atoms with van der Waals surface area (Å²) >= 11 is 7.56. The van der Waals surface area contributed by atoms with Gasteiger partial charge in [0.05, 0.1) is 5.56 Å². The average molecular weight is 400 g/mol. The van der Waals surface area contributed by atoms with Crippen LogP contribution in [0.25, 0.3) is 23.0 Å². The molecule has 0 unspecified atom stereocenters. The van der Waals surface area contributed by atoms with Gasteiger partial charge in [-0.1, -0.05) is 18.5 Å². The van der Waals surface area contributed by atoms with E-state index in [4.69, 9.17) is 11.6 Å². The van der Waals surface area contributed by atoms with E-state index in [1.807, 2.05) is 13.0 Å². The molecule has 0 aliphatic rings. The van der Waals surface area contributed by atoms with Crippen LogP contribution in [-0.4, -0.2) is 30.5 Å². The summed E-state index contributed by atoms with van der Waals surface area (Å²) in [5.74, 6) is 1.42. The highest BCUT2D eigenvalue weighted by molar-refractivity contribution is 7.99. The van der Waals surface area contributed by atoms with Crippen molar-refractivity contribution < 1.29 is 13.2 Å². The van der Waals surface area contributed by atoms with Crippen molar-refractivity contribution in [3.05, 3.63) is 41.2 Å². The van der Waals surface area contributed by atoms with Crippen LogP contribution in [-0.2, 0) is 13.2 Å². The fourth-order valence-corrected chi connectivity index (χ4v) is 3.24. The van der Waals surface area contributed by atoms with Crippen molar-refractivity contribution in [3.8, 4) is 23.0 Å². The lowest BCUT2D eigenvalue weighted by atomic mass is 10.2. The van der Waals surface area contributed by atoms with E-state index in [2.05, 4.69) is 20.2 Å². The predicted octanol–water partition coefficient (Wildman–Crippen LogP) is 4.72. The number of hydrogen-bond acceptors (Lipinski definition) is 5. The van der Waals surface area contributed by atoms with Gasteiger partial charge in [0.25, 0.3) is 0 Å². The molecule has 0 aromatic carbocycles. The Morgan fingerprint density at radius 3 is 2.58 bits per heavy atom. The normalized spacial score (nSPS) is 11.8. The van der Waals surface area contributed by atoms with Crippen molar-refractivity contribution in [2.75, 3.05) is 5.75 Å². The van der Waals surface area contributed by atoms with Crippen molar-refractivity contribution in [3.63, 3.8) is 0 Å². The number of rotatable bonds is 4. The van der Waals surface area contributed by atoms with Gasteiger partial charge in [-0.2, -0.15) is 13.2 Å². The second kappa shape index (κ2) is 7.24. The van der Waals surface area contributed by atoms with Crippen LogP contribution in [0.4, 0.5) is 13.2 Å². The number of pyridine rings is 2. The minimum atomic E-state index is -4.46. The fourth-order valence-electron chi connectivity index (χ4n) is 2.34. The lowest BCUT2D eigenvalue weighted by Crippen LogP contribution is -2.06. The molecule has 136 valence electrons. The minimum absolute atomic E-state index is 0.0767. The summed E-state index contributed by atoms with van der Waals surface area (Å²) in [6.07, 6.45) is -3.36. The zero-order valence-corrected chi connectivity index (χ0v) is 15.3. The van der Waals surface area contributed by atoms with E-state index < -0.39 is 11.7 Å². The number of alkyl halides is 3. The van der Waals surface area contributed by atoms with Crippen LogP contribution in [0.1, 0.15) is 12.5 Å². The average Bonchev–Trinajstić information content (AvgIpc) is 2.97. The zero-order valence-electron chi connectivity index (χ0n) is 13.8. The first-order chi connectivity index (χ1) is 12.3. The molecule has 0 saturated carbocycles. The first kappa shape index (κ1) is 18.7. The van der Waals surface area contributed by atoms with Crippen molar-refractivity contribution in [1.29, 1.82) is 0 Å². The summed E-state index contributed by atoms with van der Waals surface area (Å²) in [5.41, 5.74) is -0.194. The molecular formula is C16H13ClF3N5S. The van der Waals surface area contributed by atoms with E-state index in [0.29, 0.717) is 16.7 Å². The third-order valence-electron chi connectivity index (χ3n) is 3.53. The molecule has 3 rings (SSSR count). The smallest absolute Gasteiger partial charge is 0.307 e. The molecule has 0 atom stereocenters. The minimum Gasteiger partial charge on any atom is -0.307 e. The summed E-state index contributed by atoms with van der Waals surface area (Å²) in [5, 5.41) is 8.40. The molecule has 0 fully saturated rings. The zero-order chi connectivity index (χ0) is 18.9. The van der Waals surface area contributed by atoms with E-state index in [1.54, 1.807) is 29.4 Å². The van der Waals surface area contributed by atoms with Crippen molar-refractivity contribution in [1.82, 2.24) is 24.7 Å². The van der Waals surface area contributed by atoms with Gasteiger partial charge in [0.2, 0.25) is 0 Å². The number of thioether (sulfide) groups is 1. The van der Waals surface area contributed by atoms with E-state index in [1.165, 1.54) is 0 Å². The number of hydrogen-bond donors (Lipinski definition) is 0. The van der Waals surface area contributed by atoms with E-state index >= 15 is 0 Å². The molecule has 0 bridgehead atoms. The van der Waals surface area contributed by atoms with Gasteiger partial charge in [-0.25, -0.2) is 4.98 Å². The highest BCUT2D eigenvalue weighted by atomic mass is 35.5. The molecule has 0 saturated heterocycles. The largest absolute Gasteiger partial charge is 0.416 e. The Balaban J connectivity index is 2.09. The van der Waals surface area contributed by atoms with Crippen LogP contribution >= 0.6 is 23.4 Å². The Labute approximate surface area is 156 Å². The van der Waals surface area contributed by atoms with Gasteiger partial charge in [-0.3, -0.25) is 4.98 Å². The van der Waals surface area contributed by atoms with Crippen LogP contribution < -0.4 is 0 Å². The maximum atomic E-state index is 12.9. The van der Waals surface area contributed by atoms with Gasteiger partial charge in [0.1, 0.15) is 16.5 Å². The summed E-state index contributed by atoms with van der Waals surface area (Å²) in [7, 11) is 1.65. The second-order valence-corrected chi connectivity index (χ2v) is 6.94. The highest BCUT2D eigenvalue weighted by Gasteiger charge is 2.31. The monoisotopic (exact) mass is 399 g/mol. The van der Waals surface area contributed by atoms with Crippen LogP contribution in [0.3, 0.4) is 0 Å². The molecule has 0 N–H and O–H groups in total. The molecule has 3 heterocycles. The molecular weight excluding hydrogens is 387 g/mol. The summed E-state index contributed by atoms with van der Waals surface area (Å²) in [6, 6.07) is 5.36. The predicted molar refractivity (Wildman–Crippen MR) is 93.9 cm³/mol. The number of aromatic nitrogens is 5. The van der Waals surface area contributed by atoms with Gasteiger partial charge in [0, 0.05) is 18.1 Å². The Hall–Kier alpha value is -2.13. The SMILES string of the molecule is CCSc1ccc(Cl)nc1-c1nnc(-c2cc(C(F)(F)F)ccn2)n1C. The molecule has 0 aliphatic heterocycles. The van der Waals surface area contributed by atoms with E-state index in [0.717, 1.165) is 29.0 Å². The van der Waals surface area contributed by atoms with E-state index in [9.17, 15) is 13.2 Å². The lowest BCUT2D eigenvalue weighted by Gasteiger charge is -2.09. The molecule has 10 heteroatoms. The molecule has 0 aliphatic carbocycles. The Bertz CT molecular complexity index is 942. The van der Waals surface area contributed by atoms with Gasteiger partial charge in [-0.05, 0) is 30.0 Å². The van der Waals surface area contributed by atoms with Crippen LogP contribution in [0.15, 0.2) is 35.4 Å². The number of halogens is 4. The quantitative estimate of drug-likeness (QED) is 0.469. The summed E-state index contributed by atoms with van der Waals surface area (Å²) < 4.78 is 40.4. The number of nitrogens with zero attached hydrogens (tertiary/aromatic N) is 5. The second-order valence-electron chi connectivity index (χ2n) is 5.25. The van der Waals surface area contributed by atoms with Crippen LogP contribution in [0.5, 0.6) is 0 Å². The third-order valence-corrected chi connectivity index (χ3v) is 4.67. The summed E-state index contributed by atoms with van der Waals surface area (Å²) in [6.45, 7) is 2.00. The summed E-state index contributed by atoms with van der Waals surface area (Å²) in [4.78, 5) is 9.16. The Morgan fingerprint density at radius 1 is 1.15 bits per heavy atom. The maximum Gasteiger partial charge on any atom is 0.416 e. The van der Waals surface area contributed by atoms with Crippen molar-refractivity contribution in [2.24, 2.45) is 7.05 Å². The lowest BCUT2D eigenvalue weighted by molar-refractivity contribution is -0.137. The van der Waals surface area contributed by atoms with E-state index in [-0.39, 0.29) is 11.5 Å². The standard InChI is InChI=1S/C16H13ClF3N5S/c1-3-26-11-4-5-12(17)22-13(11)15-24-23-14(25(15)2)10-8-9(6-7-21-10)16(18,19)20/h4-8H,3H2,1-2H3. The molecule has 0 radical (unpaired) electrons. The van der Waals surface area contributed by atoms with Gasteiger partial charge in [0.15, 0.2) is 11.6 Å². The first-order valence-corrected chi connectivity index (χ1v) is 8.90. The molecule has 0 amide bonds. The molecule has 26 heavy (non-hydrogen) atoms. The molecule has 3 aromatic heterocycles. The van der Waals surface area contributed by atoms with Crippen molar-refractivity contribution in [2.45, 2.75) is 18.0 Å². The van der Waals surface area contributed by atoms with Crippen molar-refractivity contribution >= 4 is 23.4 Å². The van der Waals surface area contributed by atoms with Gasteiger partial charge < -0.3 is 4.57 Å².